The molecule has 0 radical (unpaired) electrons. The first-order valence-corrected chi connectivity index (χ1v) is 6.88. The van der Waals surface area contributed by atoms with Gasteiger partial charge in [-0.1, -0.05) is 44.2 Å². The molecule has 0 aliphatic heterocycles. The normalized spacial score (nSPS) is 32.7. The van der Waals surface area contributed by atoms with Gasteiger partial charge in [0, 0.05) is 5.41 Å². The summed E-state index contributed by atoms with van der Waals surface area (Å²) >= 11 is 0. The second-order valence-corrected chi connectivity index (χ2v) is 6.00. The molecule has 0 aromatic heterocycles. The molecule has 1 aliphatic carbocycles. The molecule has 1 saturated carbocycles. The highest BCUT2D eigenvalue weighted by Crippen LogP contribution is 2.44. The molecule has 0 heterocycles. The Kier molecular flexibility index (Phi) is 4.06. The molecule has 1 fully saturated rings. The summed E-state index contributed by atoms with van der Waals surface area (Å²) in [4.78, 5) is 0. The molecule has 0 bridgehead atoms. The summed E-state index contributed by atoms with van der Waals surface area (Å²) < 4.78 is 13.6. The van der Waals surface area contributed by atoms with Gasteiger partial charge in [-0.15, -0.1) is 0 Å². The monoisotopic (exact) mass is 250 g/mol. The Labute approximate surface area is 109 Å². The van der Waals surface area contributed by atoms with Crippen molar-refractivity contribution in [3.05, 3.63) is 35.9 Å². The molecule has 1 N–H and O–H groups in total. The third-order valence-electron chi connectivity index (χ3n) is 4.55. The van der Waals surface area contributed by atoms with Crippen LogP contribution >= 0.6 is 0 Å². The van der Waals surface area contributed by atoms with Crippen LogP contribution in [0.5, 0.6) is 0 Å². The van der Waals surface area contributed by atoms with E-state index in [1.165, 1.54) is 0 Å². The maximum Gasteiger partial charge on any atom is 0.0991 e. The van der Waals surface area contributed by atoms with E-state index in [9.17, 15) is 9.50 Å². The van der Waals surface area contributed by atoms with Crippen LogP contribution in [0.1, 0.15) is 38.7 Å². The lowest BCUT2D eigenvalue weighted by Gasteiger charge is -2.43. The molecule has 1 aromatic rings. The third-order valence-corrected chi connectivity index (χ3v) is 4.55. The highest BCUT2D eigenvalue weighted by atomic mass is 19.1. The fourth-order valence-electron chi connectivity index (χ4n) is 3.32. The van der Waals surface area contributed by atoms with Crippen LogP contribution in [0.4, 0.5) is 4.39 Å². The Morgan fingerprint density at radius 2 is 2.00 bits per heavy atom. The standard InChI is InChI=1S/C16H23FO/c1-12(2)14-8-9-16(11-17,10-15(14)18)13-6-4-3-5-7-13/h3-7,12,14-15,18H,8-11H2,1-2H3. The lowest BCUT2D eigenvalue weighted by molar-refractivity contribution is 0.00381. The van der Waals surface area contributed by atoms with E-state index in [4.69, 9.17) is 0 Å². The molecule has 100 valence electrons. The lowest BCUT2D eigenvalue weighted by Crippen LogP contribution is -2.43. The van der Waals surface area contributed by atoms with Crippen LogP contribution in [-0.2, 0) is 5.41 Å². The molecule has 1 aromatic carbocycles. The van der Waals surface area contributed by atoms with Gasteiger partial charge in [0.1, 0.15) is 0 Å². The fourth-order valence-corrected chi connectivity index (χ4v) is 3.32. The number of halogens is 1. The van der Waals surface area contributed by atoms with Gasteiger partial charge in [-0.05, 0) is 36.7 Å². The van der Waals surface area contributed by atoms with E-state index in [1.807, 2.05) is 30.3 Å². The first kappa shape index (κ1) is 13.5. The molecule has 0 saturated heterocycles. The van der Waals surface area contributed by atoms with Crippen molar-refractivity contribution >= 4 is 0 Å². The number of alkyl halides is 1. The van der Waals surface area contributed by atoms with E-state index in [-0.39, 0.29) is 12.8 Å². The molecule has 18 heavy (non-hydrogen) atoms. The van der Waals surface area contributed by atoms with E-state index in [2.05, 4.69) is 13.8 Å². The number of aliphatic hydroxyl groups is 1. The Bertz CT molecular complexity index is 376. The van der Waals surface area contributed by atoms with Crippen molar-refractivity contribution in [3.63, 3.8) is 0 Å². The summed E-state index contributed by atoms with van der Waals surface area (Å²) in [5.41, 5.74) is 0.570. The summed E-state index contributed by atoms with van der Waals surface area (Å²) in [7, 11) is 0. The fraction of sp³-hybridized carbons (Fsp3) is 0.625. The van der Waals surface area contributed by atoms with Crippen LogP contribution in [0.15, 0.2) is 30.3 Å². The van der Waals surface area contributed by atoms with Crippen molar-refractivity contribution in [2.45, 2.75) is 44.6 Å². The van der Waals surface area contributed by atoms with Gasteiger partial charge in [0.15, 0.2) is 0 Å². The SMILES string of the molecule is CC(C)C1CCC(CF)(c2ccccc2)CC1O. The first-order valence-electron chi connectivity index (χ1n) is 6.88. The Morgan fingerprint density at radius 3 is 2.50 bits per heavy atom. The quantitative estimate of drug-likeness (QED) is 0.867. The van der Waals surface area contributed by atoms with Gasteiger partial charge in [0.05, 0.1) is 12.8 Å². The van der Waals surface area contributed by atoms with Gasteiger partial charge in [-0.2, -0.15) is 0 Å². The molecular weight excluding hydrogens is 227 g/mol. The first-order chi connectivity index (χ1) is 8.59. The van der Waals surface area contributed by atoms with Crippen LogP contribution in [0.3, 0.4) is 0 Å². The highest BCUT2D eigenvalue weighted by Gasteiger charge is 2.42. The molecule has 3 atom stereocenters. The second-order valence-electron chi connectivity index (χ2n) is 6.00. The number of hydrogen-bond acceptors (Lipinski definition) is 1. The number of rotatable bonds is 3. The second kappa shape index (κ2) is 5.40. The predicted molar refractivity (Wildman–Crippen MR) is 72.3 cm³/mol. The summed E-state index contributed by atoms with van der Waals surface area (Å²) in [5, 5.41) is 10.3. The maximum absolute atomic E-state index is 13.6. The van der Waals surface area contributed by atoms with E-state index in [0.29, 0.717) is 18.3 Å². The van der Waals surface area contributed by atoms with Crippen LogP contribution in [-0.4, -0.2) is 17.9 Å². The van der Waals surface area contributed by atoms with Crippen LogP contribution in [0, 0.1) is 11.8 Å². The average molecular weight is 250 g/mol. The Hall–Kier alpha value is -0.890. The van der Waals surface area contributed by atoms with Crippen molar-refractivity contribution in [2.24, 2.45) is 11.8 Å². The van der Waals surface area contributed by atoms with Crippen molar-refractivity contribution < 1.29 is 9.50 Å². The summed E-state index contributed by atoms with van der Waals surface area (Å²) in [6.45, 7) is 3.90. The minimum Gasteiger partial charge on any atom is -0.393 e. The van der Waals surface area contributed by atoms with Crippen LogP contribution in [0.2, 0.25) is 0 Å². The zero-order valence-corrected chi connectivity index (χ0v) is 11.3. The van der Waals surface area contributed by atoms with Crippen LogP contribution < -0.4 is 0 Å². The van der Waals surface area contributed by atoms with Crippen molar-refractivity contribution in [3.8, 4) is 0 Å². The number of hydrogen-bond donors (Lipinski definition) is 1. The molecule has 2 heteroatoms. The molecule has 1 aliphatic rings. The van der Waals surface area contributed by atoms with Crippen LogP contribution in [0.25, 0.3) is 0 Å². The van der Waals surface area contributed by atoms with Crippen molar-refractivity contribution in [2.75, 3.05) is 6.67 Å². The van der Waals surface area contributed by atoms with E-state index < -0.39 is 5.41 Å². The molecular formula is C16H23FO. The summed E-state index contributed by atoms with van der Waals surface area (Å²) in [6.07, 6.45) is 1.93. The average Bonchev–Trinajstić information content (AvgIpc) is 2.39. The lowest BCUT2D eigenvalue weighted by atomic mass is 9.64. The zero-order chi connectivity index (χ0) is 13.2. The maximum atomic E-state index is 13.6. The van der Waals surface area contributed by atoms with E-state index >= 15 is 0 Å². The number of aliphatic hydroxyl groups excluding tert-OH is 1. The van der Waals surface area contributed by atoms with Crippen molar-refractivity contribution in [1.82, 2.24) is 0 Å². The van der Waals surface area contributed by atoms with Gasteiger partial charge in [0.25, 0.3) is 0 Å². The third kappa shape index (κ3) is 2.44. The molecule has 1 nitrogen and oxygen atoms in total. The largest absolute Gasteiger partial charge is 0.393 e. The molecule has 0 spiro atoms. The van der Waals surface area contributed by atoms with Gasteiger partial charge < -0.3 is 5.11 Å². The van der Waals surface area contributed by atoms with E-state index in [1.54, 1.807) is 0 Å². The molecule has 0 amide bonds. The van der Waals surface area contributed by atoms with Crippen molar-refractivity contribution in [1.29, 1.82) is 0 Å². The Balaban J connectivity index is 2.22. The summed E-state index contributed by atoms with van der Waals surface area (Å²) in [5.74, 6) is 0.779. The van der Waals surface area contributed by atoms with Gasteiger partial charge >= 0.3 is 0 Å². The zero-order valence-electron chi connectivity index (χ0n) is 11.3. The minimum atomic E-state index is -0.466. The Morgan fingerprint density at radius 1 is 1.33 bits per heavy atom. The summed E-state index contributed by atoms with van der Waals surface area (Å²) in [6, 6.07) is 9.83. The smallest absolute Gasteiger partial charge is 0.0991 e. The highest BCUT2D eigenvalue weighted by molar-refractivity contribution is 5.27. The van der Waals surface area contributed by atoms with Gasteiger partial charge in [0.2, 0.25) is 0 Å². The van der Waals surface area contributed by atoms with E-state index in [0.717, 1.165) is 18.4 Å². The number of benzene rings is 1. The predicted octanol–water partition coefficient (Wildman–Crippen LogP) is 3.71. The topological polar surface area (TPSA) is 20.2 Å². The van der Waals surface area contributed by atoms with Gasteiger partial charge in [-0.25, -0.2) is 0 Å². The van der Waals surface area contributed by atoms with Gasteiger partial charge in [-0.3, -0.25) is 4.39 Å². The molecule has 3 unspecified atom stereocenters. The molecule has 2 rings (SSSR count). The minimum absolute atomic E-state index is 0.313.